The molecule has 0 spiro atoms. The molecule has 0 bridgehead atoms. The zero-order valence-electron chi connectivity index (χ0n) is 18.4. The van der Waals surface area contributed by atoms with E-state index in [9.17, 15) is 22.8 Å². The average Bonchev–Trinajstić information content (AvgIpc) is 3.31. The molecular weight excluding hydrogens is 521 g/mol. The summed E-state index contributed by atoms with van der Waals surface area (Å²) in [5.41, 5.74) is -0.196. The Balaban J connectivity index is 1.71. The van der Waals surface area contributed by atoms with E-state index in [1.54, 1.807) is 44.3 Å². The molecule has 184 valence electrons. The topological polar surface area (TPSA) is 126 Å². The van der Waals surface area contributed by atoms with E-state index in [2.05, 4.69) is 4.72 Å². The van der Waals surface area contributed by atoms with Gasteiger partial charge >= 0.3 is 11.9 Å². The van der Waals surface area contributed by atoms with Gasteiger partial charge in [-0.05, 0) is 31.2 Å². The van der Waals surface area contributed by atoms with Crippen molar-refractivity contribution < 1.29 is 27.5 Å². The molecule has 0 amide bonds. The van der Waals surface area contributed by atoms with Gasteiger partial charge in [0, 0.05) is 13.5 Å². The summed E-state index contributed by atoms with van der Waals surface area (Å²) in [5, 5.41) is -0.588. The molecular formula is C22H19Cl2N3O7S. The molecule has 4 rings (SSSR count). The Morgan fingerprint density at radius 1 is 1.17 bits per heavy atom. The van der Waals surface area contributed by atoms with Gasteiger partial charge in [0.05, 0.1) is 33.6 Å². The Morgan fingerprint density at radius 2 is 1.86 bits per heavy atom. The van der Waals surface area contributed by atoms with E-state index in [0.29, 0.717) is 11.4 Å². The van der Waals surface area contributed by atoms with Crippen LogP contribution in [0.4, 0.5) is 5.69 Å². The van der Waals surface area contributed by atoms with Crippen LogP contribution in [0.3, 0.4) is 0 Å². The molecule has 0 saturated carbocycles. The molecule has 1 saturated heterocycles. The predicted octanol–water partition coefficient (Wildman–Crippen LogP) is 3.06. The van der Waals surface area contributed by atoms with Crippen molar-refractivity contribution in [1.29, 1.82) is 0 Å². The quantitative estimate of drug-likeness (QED) is 0.477. The van der Waals surface area contributed by atoms with Crippen LogP contribution < -0.4 is 10.3 Å². The number of rotatable bonds is 6. The SMILES string of the molecule is Cc1c(NS(=O)(=O)c2cc(C(=O)OC3CCOC3=O)cc(Cl)c2Cl)c(=O)n(-c2ccccc2)n1C. The van der Waals surface area contributed by atoms with Crippen molar-refractivity contribution in [1.82, 2.24) is 9.36 Å². The first kappa shape index (κ1) is 24.8. The van der Waals surface area contributed by atoms with Gasteiger partial charge in [-0.3, -0.25) is 14.2 Å². The van der Waals surface area contributed by atoms with Gasteiger partial charge in [0.1, 0.15) is 10.6 Å². The normalized spacial score (nSPS) is 15.7. The highest BCUT2D eigenvalue weighted by Crippen LogP contribution is 2.33. The summed E-state index contributed by atoms with van der Waals surface area (Å²) in [6.07, 6.45) is -0.918. The van der Waals surface area contributed by atoms with Gasteiger partial charge in [0.25, 0.3) is 15.6 Å². The van der Waals surface area contributed by atoms with Crippen LogP contribution in [0.5, 0.6) is 0 Å². The first-order valence-corrected chi connectivity index (χ1v) is 12.5. The smallest absolute Gasteiger partial charge is 0.347 e. The van der Waals surface area contributed by atoms with Crippen molar-refractivity contribution in [3.63, 3.8) is 0 Å². The van der Waals surface area contributed by atoms with E-state index < -0.39 is 38.5 Å². The number of nitrogens with zero attached hydrogens (tertiary/aromatic N) is 2. The molecule has 1 N–H and O–H groups in total. The Kier molecular flexibility index (Phi) is 6.67. The summed E-state index contributed by atoms with van der Waals surface area (Å²) in [7, 11) is -2.88. The van der Waals surface area contributed by atoms with Crippen molar-refractivity contribution in [2.24, 2.45) is 7.05 Å². The fourth-order valence-electron chi connectivity index (χ4n) is 3.53. The van der Waals surface area contributed by atoms with Crippen LogP contribution in [0.15, 0.2) is 52.2 Å². The summed E-state index contributed by atoms with van der Waals surface area (Å²) in [5.74, 6) is -1.67. The number of esters is 2. The number of aromatic nitrogens is 2. The van der Waals surface area contributed by atoms with Gasteiger partial charge in [0.15, 0.2) is 0 Å². The molecule has 0 radical (unpaired) electrons. The summed E-state index contributed by atoms with van der Waals surface area (Å²) in [6, 6.07) is 10.8. The van der Waals surface area contributed by atoms with Crippen LogP contribution in [0.25, 0.3) is 5.69 Å². The lowest BCUT2D eigenvalue weighted by molar-refractivity contribution is -0.145. The molecule has 1 aliphatic heterocycles. The average molecular weight is 540 g/mol. The maximum Gasteiger partial charge on any atom is 0.347 e. The standard InChI is InChI=1S/C22H19Cl2N3O7S/c1-12-19(20(28)27(26(12)2)14-6-4-3-5-7-14)25-35(31,32)17-11-13(10-15(23)18(17)24)21(29)34-16-8-9-33-22(16)30/h3-7,10-11,16,25H,8-9H2,1-2H3. The molecule has 3 aromatic rings. The second-order valence-corrected chi connectivity index (χ2v) is 10.1. The number of nitrogens with one attached hydrogen (secondary N) is 1. The Bertz CT molecular complexity index is 1500. The number of hydrogen-bond acceptors (Lipinski definition) is 7. The molecule has 1 atom stereocenters. The summed E-state index contributed by atoms with van der Waals surface area (Å²) >= 11 is 12.3. The number of ether oxygens (including phenoxy) is 2. The van der Waals surface area contributed by atoms with Gasteiger partial charge in [-0.1, -0.05) is 41.4 Å². The van der Waals surface area contributed by atoms with Crippen LogP contribution in [0.1, 0.15) is 22.5 Å². The lowest BCUT2D eigenvalue weighted by atomic mass is 10.2. The zero-order chi connectivity index (χ0) is 25.5. The number of anilines is 1. The van der Waals surface area contributed by atoms with E-state index in [0.717, 1.165) is 12.1 Å². The third-order valence-electron chi connectivity index (χ3n) is 5.45. The number of carbonyl (C=O) groups excluding carboxylic acids is 2. The number of carbonyl (C=O) groups is 2. The van der Waals surface area contributed by atoms with Crippen molar-refractivity contribution in [2.75, 3.05) is 11.3 Å². The van der Waals surface area contributed by atoms with Crippen LogP contribution in [-0.2, 0) is 31.3 Å². The lowest BCUT2D eigenvalue weighted by Gasteiger charge is -2.13. The molecule has 2 heterocycles. The third-order valence-corrected chi connectivity index (χ3v) is 7.74. The largest absolute Gasteiger partial charge is 0.463 e. The Morgan fingerprint density at radius 3 is 2.49 bits per heavy atom. The maximum absolute atomic E-state index is 13.3. The van der Waals surface area contributed by atoms with Crippen LogP contribution in [0.2, 0.25) is 10.0 Å². The number of halogens is 2. The van der Waals surface area contributed by atoms with Gasteiger partial charge in [-0.25, -0.2) is 22.7 Å². The van der Waals surface area contributed by atoms with E-state index in [-0.39, 0.29) is 34.3 Å². The molecule has 1 aromatic heterocycles. The second-order valence-electron chi connectivity index (χ2n) is 7.66. The second kappa shape index (κ2) is 9.40. The molecule has 1 fully saturated rings. The number of cyclic esters (lactones) is 1. The minimum absolute atomic E-state index is 0.110. The van der Waals surface area contributed by atoms with Crippen LogP contribution in [-0.4, -0.2) is 42.4 Å². The van der Waals surface area contributed by atoms with Crippen molar-refractivity contribution in [3.05, 3.63) is 74.1 Å². The first-order chi connectivity index (χ1) is 16.5. The number of benzene rings is 2. The summed E-state index contributed by atoms with van der Waals surface area (Å²) in [6.45, 7) is 1.68. The maximum atomic E-state index is 13.3. The van der Waals surface area contributed by atoms with Gasteiger partial charge in [-0.2, -0.15) is 0 Å². The number of sulfonamides is 1. The van der Waals surface area contributed by atoms with E-state index in [4.69, 9.17) is 32.7 Å². The fraction of sp³-hybridized carbons (Fsp3) is 0.227. The molecule has 0 aliphatic carbocycles. The minimum atomic E-state index is -4.48. The van der Waals surface area contributed by atoms with E-state index >= 15 is 0 Å². The highest BCUT2D eigenvalue weighted by atomic mass is 35.5. The van der Waals surface area contributed by atoms with E-state index in [1.807, 2.05) is 0 Å². The van der Waals surface area contributed by atoms with Gasteiger partial charge in [0.2, 0.25) is 6.10 Å². The molecule has 13 heteroatoms. The minimum Gasteiger partial charge on any atom is -0.463 e. The lowest BCUT2D eigenvalue weighted by Crippen LogP contribution is -2.24. The van der Waals surface area contributed by atoms with Crippen molar-refractivity contribution in [2.45, 2.75) is 24.3 Å². The third kappa shape index (κ3) is 4.66. The van der Waals surface area contributed by atoms with Crippen molar-refractivity contribution >= 4 is 50.9 Å². The molecule has 10 nitrogen and oxygen atoms in total. The molecule has 2 aromatic carbocycles. The summed E-state index contributed by atoms with van der Waals surface area (Å²) < 4.78 is 41.5. The number of hydrogen-bond donors (Lipinski definition) is 1. The predicted molar refractivity (Wildman–Crippen MR) is 128 cm³/mol. The monoisotopic (exact) mass is 539 g/mol. The highest BCUT2D eigenvalue weighted by Gasteiger charge is 2.32. The van der Waals surface area contributed by atoms with E-state index in [1.165, 1.54) is 9.36 Å². The fourth-order valence-corrected chi connectivity index (χ4v) is 5.46. The summed E-state index contributed by atoms with van der Waals surface area (Å²) in [4.78, 5) is 36.7. The zero-order valence-corrected chi connectivity index (χ0v) is 20.8. The van der Waals surface area contributed by atoms with Gasteiger partial charge in [-0.15, -0.1) is 0 Å². The Hall–Kier alpha value is -3.28. The molecule has 35 heavy (non-hydrogen) atoms. The van der Waals surface area contributed by atoms with Crippen LogP contribution in [0, 0.1) is 6.92 Å². The number of para-hydroxylation sites is 1. The van der Waals surface area contributed by atoms with Gasteiger partial charge < -0.3 is 9.47 Å². The first-order valence-electron chi connectivity index (χ1n) is 10.2. The molecule has 1 aliphatic rings. The van der Waals surface area contributed by atoms with Crippen molar-refractivity contribution in [3.8, 4) is 5.69 Å². The highest BCUT2D eigenvalue weighted by molar-refractivity contribution is 7.92. The molecule has 1 unspecified atom stereocenters. The van der Waals surface area contributed by atoms with Crippen LogP contribution >= 0.6 is 23.2 Å². The Labute approximate surface area is 210 Å².